The Morgan fingerprint density at radius 1 is 1.13 bits per heavy atom. The first-order valence-electron chi connectivity index (χ1n) is 9.83. The Labute approximate surface area is 194 Å². The number of rotatable bonds is 13. The summed E-state index contributed by atoms with van der Waals surface area (Å²) in [5.41, 5.74) is 7.25. The van der Waals surface area contributed by atoms with E-state index in [1.807, 2.05) is 30.3 Å². The zero-order valence-corrected chi connectivity index (χ0v) is 20.0. The van der Waals surface area contributed by atoms with E-state index in [4.69, 9.17) is 50.0 Å². The third kappa shape index (κ3) is 8.29. The molecular weight excluding hydrogens is 449 g/mol. The van der Waals surface area contributed by atoms with Crippen molar-refractivity contribution in [1.82, 2.24) is 0 Å². The molecule has 1 rings (SSSR count). The molecule has 1 aromatic rings. The highest BCUT2D eigenvalue weighted by atomic mass is 35.5. The number of hydrogen-bond acceptors (Lipinski definition) is 5. The lowest BCUT2D eigenvalue weighted by Crippen LogP contribution is -2.26. The summed E-state index contributed by atoms with van der Waals surface area (Å²) in [6.07, 6.45) is 1.17. The Hall–Kier alpha value is -0.950. The quantitative estimate of drug-likeness (QED) is 0.223. The molecule has 0 aliphatic rings. The number of nitrogens with two attached hydrogens (primary N) is 1. The van der Waals surface area contributed by atoms with E-state index in [0.29, 0.717) is 16.5 Å². The van der Waals surface area contributed by atoms with E-state index in [-0.39, 0.29) is 36.9 Å². The molecular formula is C22H32Cl3NO4. The molecule has 0 aliphatic carbocycles. The maximum atomic E-state index is 9.58. The van der Waals surface area contributed by atoms with Crippen molar-refractivity contribution in [2.45, 2.75) is 44.8 Å². The van der Waals surface area contributed by atoms with Crippen molar-refractivity contribution in [2.75, 3.05) is 31.5 Å². The number of benzene rings is 1. The zero-order chi connectivity index (χ0) is 22.7. The third-order valence-corrected chi connectivity index (χ3v) is 5.71. The Morgan fingerprint density at radius 2 is 1.77 bits per heavy atom. The van der Waals surface area contributed by atoms with Gasteiger partial charge in [-0.05, 0) is 30.2 Å². The molecule has 1 aromatic carbocycles. The van der Waals surface area contributed by atoms with Gasteiger partial charge in [-0.1, -0.05) is 50.1 Å². The molecule has 4 N–H and O–H groups in total. The van der Waals surface area contributed by atoms with Gasteiger partial charge in [0.2, 0.25) is 0 Å². The normalized spacial score (nSPS) is 15.4. The molecule has 5 nitrogen and oxygen atoms in total. The average Bonchev–Trinajstić information content (AvgIpc) is 2.75. The van der Waals surface area contributed by atoms with E-state index in [1.165, 1.54) is 0 Å². The summed E-state index contributed by atoms with van der Waals surface area (Å²) in [5, 5.41) is 19.5. The van der Waals surface area contributed by atoms with Crippen molar-refractivity contribution in [3.63, 3.8) is 0 Å². The summed E-state index contributed by atoms with van der Waals surface area (Å²) in [7, 11) is 0. The standard InChI is InChI=1S/C22H32Cl3NO4/c1-4-15(9-20(25)21(11-24)30-13-17(27)10-23)22(2,3)16-5-7-19(8-6-16)29-14-18(28)12-26/h5-9,17-18,27-28H,4,10-14,26H2,1-3H3/b15-9+,21-20-/t17-,18-/m0/s1. The van der Waals surface area contributed by atoms with Crippen LogP contribution in [0.25, 0.3) is 0 Å². The predicted molar refractivity (Wildman–Crippen MR) is 125 cm³/mol. The van der Waals surface area contributed by atoms with Crippen LogP contribution in [-0.2, 0) is 10.2 Å². The van der Waals surface area contributed by atoms with Gasteiger partial charge in [0.05, 0.1) is 16.8 Å². The first-order chi connectivity index (χ1) is 14.2. The van der Waals surface area contributed by atoms with Crippen LogP contribution in [0, 0.1) is 0 Å². The monoisotopic (exact) mass is 479 g/mol. The molecule has 8 heteroatoms. The molecule has 0 saturated heterocycles. The molecule has 0 aliphatic heterocycles. The molecule has 2 atom stereocenters. The predicted octanol–water partition coefficient (Wildman–Crippen LogP) is 4.30. The van der Waals surface area contributed by atoms with Crippen LogP contribution in [0.3, 0.4) is 0 Å². The van der Waals surface area contributed by atoms with Crippen molar-refractivity contribution < 1.29 is 19.7 Å². The van der Waals surface area contributed by atoms with Gasteiger partial charge in [-0.15, -0.1) is 23.2 Å². The summed E-state index contributed by atoms with van der Waals surface area (Å²) < 4.78 is 11.1. The lowest BCUT2D eigenvalue weighted by atomic mass is 9.76. The topological polar surface area (TPSA) is 84.9 Å². The van der Waals surface area contributed by atoms with Gasteiger partial charge >= 0.3 is 0 Å². The third-order valence-electron chi connectivity index (χ3n) is 4.79. The Morgan fingerprint density at radius 3 is 2.27 bits per heavy atom. The van der Waals surface area contributed by atoms with Crippen LogP contribution in [0.1, 0.15) is 32.8 Å². The van der Waals surface area contributed by atoms with Gasteiger partial charge in [-0.3, -0.25) is 0 Å². The van der Waals surface area contributed by atoms with Crippen molar-refractivity contribution >= 4 is 34.8 Å². The van der Waals surface area contributed by atoms with E-state index in [0.717, 1.165) is 17.6 Å². The SMILES string of the molecule is CC/C(=C\C(Cl)=C(/CCl)OC[C@@H](O)CCl)C(C)(C)c1ccc(OC[C@@H](O)CN)cc1. The van der Waals surface area contributed by atoms with Crippen LogP contribution in [0.15, 0.2) is 46.7 Å². The first-order valence-corrected chi connectivity index (χ1v) is 11.3. The highest BCUT2D eigenvalue weighted by molar-refractivity contribution is 6.32. The second kappa shape index (κ2) is 13.5. The van der Waals surface area contributed by atoms with Crippen molar-refractivity contribution in [1.29, 1.82) is 0 Å². The van der Waals surface area contributed by atoms with Gasteiger partial charge < -0.3 is 25.4 Å². The fourth-order valence-corrected chi connectivity index (χ4v) is 3.42. The van der Waals surface area contributed by atoms with Crippen LogP contribution in [0.5, 0.6) is 5.75 Å². The number of hydrogen-bond donors (Lipinski definition) is 3. The molecule has 0 bridgehead atoms. The maximum Gasteiger partial charge on any atom is 0.129 e. The number of ether oxygens (including phenoxy) is 2. The minimum absolute atomic E-state index is 0.0286. The van der Waals surface area contributed by atoms with Crippen LogP contribution >= 0.6 is 34.8 Å². The molecule has 0 unspecified atom stereocenters. The summed E-state index contributed by atoms with van der Waals surface area (Å²) in [6, 6.07) is 7.71. The highest BCUT2D eigenvalue weighted by Gasteiger charge is 2.25. The van der Waals surface area contributed by atoms with E-state index in [9.17, 15) is 10.2 Å². The smallest absolute Gasteiger partial charge is 0.129 e. The summed E-state index contributed by atoms with van der Waals surface area (Å²) in [4.78, 5) is 0. The summed E-state index contributed by atoms with van der Waals surface area (Å²) in [6.45, 7) is 6.61. The highest BCUT2D eigenvalue weighted by Crippen LogP contribution is 2.36. The summed E-state index contributed by atoms with van der Waals surface area (Å²) in [5.74, 6) is 1.22. The molecule has 170 valence electrons. The van der Waals surface area contributed by atoms with E-state index >= 15 is 0 Å². The molecule has 0 heterocycles. The molecule has 0 aromatic heterocycles. The maximum absolute atomic E-state index is 9.58. The van der Waals surface area contributed by atoms with Gasteiger partial charge in [0.1, 0.15) is 36.9 Å². The Bertz CT molecular complexity index is 705. The minimum Gasteiger partial charge on any atom is -0.492 e. The fourth-order valence-electron chi connectivity index (χ4n) is 2.78. The zero-order valence-electron chi connectivity index (χ0n) is 17.7. The van der Waals surface area contributed by atoms with E-state index < -0.39 is 12.2 Å². The van der Waals surface area contributed by atoms with Crippen LogP contribution in [0.2, 0.25) is 0 Å². The second-order valence-electron chi connectivity index (χ2n) is 7.40. The number of halogens is 3. The lowest BCUT2D eigenvalue weighted by molar-refractivity contribution is 0.0867. The van der Waals surface area contributed by atoms with E-state index in [2.05, 4.69) is 20.8 Å². The Kier molecular flexibility index (Phi) is 12.2. The van der Waals surface area contributed by atoms with Gasteiger partial charge in [-0.2, -0.15) is 0 Å². The minimum atomic E-state index is -0.785. The molecule has 0 saturated carbocycles. The molecule has 0 fully saturated rings. The second-order valence-corrected chi connectivity index (χ2v) is 8.38. The van der Waals surface area contributed by atoms with Crippen molar-refractivity contribution in [2.24, 2.45) is 5.73 Å². The van der Waals surface area contributed by atoms with Crippen LogP contribution < -0.4 is 10.5 Å². The van der Waals surface area contributed by atoms with Gasteiger partial charge in [-0.25, -0.2) is 0 Å². The van der Waals surface area contributed by atoms with Gasteiger partial charge in [0, 0.05) is 12.0 Å². The first kappa shape index (κ1) is 27.1. The molecule has 0 spiro atoms. The van der Waals surface area contributed by atoms with Gasteiger partial charge in [0.25, 0.3) is 0 Å². The van der Waals surface area contributed by atoms with E-state index in [1.54, 1.807) is 0 Å². The number of aliphatic hydroxyl groups is 2. The number of alkyl halides is 2. The van der Waals surface area contributed by atoms with Crippen LogP contribution in [0.4, 0.5) is 0 Å². The molecule has 0 radical (unpaired) electrons. The molecule has 30 heavy (non-hydrogen) atoms. The van der Waals surface area contributed by atoms with Crippen LogP contribution in [-0.4, -0.2) is 53.9 Å². The molecule has 0 amide bonds. The lowest BCUT2D eigenvalue weighted by Gasteiger charge is -2.29. The average molecular weight is 481 g/mol. The Balaban J connectivity index is 3.04. The van der Waals surface area contributed by atoms with Crippen molar-refractivity contribution in [3.8, 4) is 5.75 Å². The van der Waals surface area contributed by atoms with Gasteiger partial charge in [0.15, 0.2) is 0 Å². The summed E-state index contributed by atoms with van der Waals surface area (Å²) >= 11 is 18.0. The fraction of sp³-hybridized carbons (Fsp3) is 0.545. The number of allylic oxidation sites excluding steroid dienone is 4. The largest absolute Gasteiger partial charge is 0.492 e. The number of aliphatic hydroxyl groups excluding tert-OH is 2. The van der Waals surface area contributed by atoms with Crippen molar-refractivity contribution in [3.05, 3.63) is 52.3 Å².